The fourth-order valence-electron chi connectivity index (χ4n) is 3.06. The molecule has 1 heterocycles. The Morgan fingerprint density at radius 2 is 2.00 bits per heavy atom. The van der Waals surface area contributed by atoms with Crippen LogP contribution in [0, 0.1) is 12.7 Å². The van der Waals surface area contributed by atoms with Crippen molar-refractivity contribution in [2.24, 2.45) is 0 Å². The summed E-state index contributed by atoms with van der Waals surface area (Å²) < 4.78 is 18.2. The van der Waals surface area contributed by atoms with Crippen molar-refractivity contribution in [3.63, 3.8) is 0 Å². The zero-order chi connectivity index (χ0) is 18.7. The molecule has 2 aromatic rings. The number of hydrogen-bond donors (Lipinski definition) is 1. The molecule has 0 spiro atoms. The second kappa shape index (κ2) is 7.56. The quantitative estimate of drug-likeness (QED) is 0.896. The largest absolute Gasteiger partial charge is 0.496 e. The second-order valence-corrected chi connectivity index (χ2v) is 6.46. The lowest BCUT2D eigenvalue weighted by molar-refractivity contribution is -0.128. The van der Waals surface area contributed by atoms with Gasteiger partial charge in [-0.2, -0.15) is 0 Å². The molecule has 2 aromatic carbocycles. The molecule has 2 amide bonds. The number of nitrogens with one attached hydrogen (secondary N) is 1. The Labute approximate surface area is 151 Å². The standard InChI is InChI=1S/C20H21FN2O3/c1-13-3-6-15(9-18(13)26-2)20(25)22-17-10-19(24)23(12-17)11-14-4-7-16(21)8-5-14/h3-9,17H,10-12H2,1-2H3,(H,22,25)/t17-/m1/s1. The third-order valence-electron chi connectivity index (χ3n) is 4.51. The van der Waals surface area contributed by atoms with Crippen LogP contribution in [0.15, 0.2) is 42.5 Å². The third-order valence-corrected chi connectivity index (χ3v) is 4.51. The van der Waals surface area contributed by atoms with Crippen molar-refractivity contribution in [1.29, 1.82) is 0 Å². The smallest absolute Gasteiger partial charge is 0.251 e. The summed E-state index contributed by atoms with van der Waals surface area (Å²) in [4.78, 5) is 26.3. The maximum absolute atomic E-state index is 13.0. The Morgan fingerprint density at radius 1 is 1.27 bits per heavy atom. The zero-order valence-electron chi connectivity index (χ0n) is 14.8. The molecular weight excluding hydrogens is 335 g/mol. The van der Waals surface area contributed by atoms with Crippen LogP contribution in [-0.2, 0) is 11.3 Å². The number of nitrogens with zero attached hydrogens (tertiary/aromatic N) is 1. The highest BCUT2D eigenvalue weighted by atomic mass is 19.1. The van der Waals surface area contributed by atoms with Gasteiger partial charge in [-0.15, -0.1) is 0 Å². The first-order valence-corrected chi connectivity index (χ1v) is 8.44. The number of carbonyl (C=O) groups is 2. The van der Waals surface area contributed by atoms with Crippen LogP contribution in [0.4, 0.5) is 4.39 Å². The number of ether oxygens (including phenoxy) is 1. The minimum atomic E-state index is -0.305. The predicted octanol–water partition coefficient (Wildman–Crippen LogP) is 2.67. The van der Waals surface area contributed by atoms with Gasteiger partial charge in [0.15, 0.2) is 0 Å². The summed E-state index contributed by atoms with van der Waals surface area (Å²) in [5.41, 5.74) is 2.30. The van der Waals surface area contributed by atoms with Crippen molar-refractivity contribution >= 4 is 11.8 Å². The molecular formula is C20H21FN2O3. The summed E-state index contributed by atoms with van der Waals surface area (Å²) in [6, 6.07) is 11.1. The first-order chi connectivity index (χ1) is 12.5. The average molecular weight is 356 g/mol. The van der Waals surface area contributed by atoms with Gasteiger partial charge in [0.05, 0.1) is 13.2 Å². The number of benzene rings is 2. The van der Waals surface area contributed by atoms with E-state index in [0.29, 0.717) is 24.4 Å². The number of hydrogen-bond acceptors (Lipinski definition) is 3. The van der Waals surface area contributed by atoms with E-state index in [1.807, 2.05) is 13.0 Å². The third kappa shape index (κ3) is 4.02. The van der Waals surface area contributed by atoms with Gasteiger partial charge in [-0.25, -0.2) is 4.39 Å². The van der Waals surface area contributed by atoms with Gasteiger partial charge in [-0.1, -0.05) is 18.2 Å². The normalized spacial score (nSPS) is 16.7. The summed E-state index contributed by atoms with van der Waals surface area (Å²) in [5.74, 6) is 0.0871. The Bertz CT molecular complexity index is 820. The van der Waals surface area contributed by atoms with Gasteiger partial charge in [0.1, 0.15) is 11.6 Å². The van der Waals surface area contributed by atoms with E-state index < -0.39 is 0 Å². The molecule has 6 heteroatoms. The summed E-state index contributed by atoms with van der Waals surface area (Å²) in [7, 11) is 1.56. The molecule has 3 rings (SSSR count). The van der Waals surface area contributed by atoms with Gasteiger partial charge in [0.25, 0.3) is 5.91 Å². The predicted molar refractivity (Wildman–Crippen MR) is 95.4 cm³/mol. The number of carbonyl (C=O) groups excluding carboxylic acids is 2. The Morgan fingerprint density at radius 3 is 2.69 bits per heavy atom. The van der Waals surface area contributed by atoms with Crippen molar-refractivity contribution < 1.29 is 18.7 Å². The molecule has 1 atom stereocenters. The lowest BCUT2D eigenvalue weighted by Gasteiger charge is -2.17. The van der Waals surface area contributed by atoms with Gasteiger partial charge in [-0.3, -0.25) is 9.59 Å². The number of rotatable bonds is 5. The molecule has 0 saturated carbocycles. The molecule has 0 bridgehead atoms. The first-order valence-electron chi connectivity index (χ1n) is 8.44. The van der Waals surface area contributed by atoms with Crippen molar-refractivity contribution in [3.05, 3.63) is 65.0 Å². The molecule has 0 aromatic heterocycles. The van der Waals surface area contributed by atoms with Crippen LogP contribution < -0.4 is 10.1 Å². The van der Waals surface area contributed by atoms with Crippen LogP contribution in [0.2, 0.25) is 0 Å². The summed E-state index contributed by atoms with van der Waals surface area (Å²) in [5, 5.41) is 2.90. The van der Waals surface area contributed by atoms with Crippen LogP contribution in [0.1, 0.15) is 27.9 Å². The van der Waals surface area contributed by atoms with E-state index in [9.17, 15) is 14.0 Å². The molecule has 1 N–H and O–H groups in total. The lowest BCUT2D eigenvalue weighted by Crippen LogP contribution is -2.37. The fourth-order valence-corrected chi connectivity index (χ4v) is 3.06. The zero-order valence-corrected chi connectivity index (χ0v) is 14.8. The fraction of sp³-hybridized carbons (Fsp3) is 0.300. The maximum atomic E-state index is 13.0. The Kier molecular flexibility index (Phi) is 5.21. The Balaban J connectivity index is 1.61. The topological polar surface area (TPSA) is 58.6 Å². The SMILES string of the molecule is COc1cc(C(=O)N[C@@H]2CC(=O)N(Cc3ccc(F)cc3)C2)ccc1C. The highest BCUT2D eigenvalue weighted by Gasteiger charge is 2.30. The van der Waals surface area contributed by atoms with Crippen LogP contribution in [-0.4, -0.2) is 36.4 Å². The molecule has 0 radical (unpaired) electrons. The summed E-state index contributed by atoms with van der Waals surface area (Å²) >= 11 is 0. The molecule has 0 unspecified atom stereocenters. The van der Waals surface area contributed by atoms with Gasteiger partial charge < -0.3 is 15.0 Å². The highest BCUT2D eigenvalue weighted by molar-refractivity contribution is 5.95. The van der Waals surface area contributed by atoms with E-state index in [-0.39, 0.29) is 30.1 Å². The number of halogens is 1. The van der Waals surface area contributed by atoms with Gasteiger partial charge in [0.2, 0.25) is 5.91 Å². The summed E-state index contributed by atoms with van der Waals surface area (Å²) in [6.07, 6.45) is 0.260. The molecule has 0 aliphatic carbocycles. The van der Waals surface area contributed by atoms with E-state index >= 15 is 0 Å². The van der Waals surface area contributed by atoms with E-state index in [1.165, 1.54) is 12.1 Å². The van der Waals surface area contributed by atoms with E-state index in [0.717, 1.165) is 11.1 Å². The summed E-state index contributed by atoms with van der Waals surface area (Å²) in [6.45, 7) is 2.75. The number of aryl methyl sites for hydroxylation is 1. The molecule has 1 aliphatic heterocycles. The van der Waals surface area contributed by atoms with E-state index in [4.69, 9.17) is 4.74 Å². The van der Waals surface area contributed by atoms with Crippen LogP contribution in [0.3, 0.4) is 0 Å². The number of amides is 2. The number of likely N-dealkylation sites (tertiary alicyclic amines) is 1. The molecule has 136 valence electrons. The molecule has 1 saturated heterocycles. The highest BCUT2D eigenvalue weighted by Crippen LogP contribution is 2.20. The first kappa shape index (κ1) is 17.9. The molecule has 1 aliphatic rings. The van der Waals surface area contributed by atoms with Crippen LogP contribution in [0.5, 0.6) is 5.75 Å². The molecule has 26 heavy (non-hydrogen) atoms. The average Bonchev–Trinajstić information content (AvgIpc) is 2.96. The molecule has 5 nitrogen and oxygen atoms in total. The van der Waals surface area contributed by atoms with Crippen molar-refractivity contribution in [2.75, 3.05) is 13.7 Å². The van der Waals surface area contributed by atoms with E-state index in [1.54, 1.807) is 36.3 Å². The number of methoxy groups -OCH3 is 1. The Hall–Kier alpha value is -2.89. The van der Waals surface area contributed by atoms with Crippen LogP contribution in [0.25, 0.3) is 0 Å². The van der Waals surface area contributed by atoms with Gasteiger partial charge in [0, 0.05) is 25.1 Å². The van der Waals surface area contributed by atoms with Crippen molar-refractivity contribution in [2.45, 2.75) is 25.9 Å². The van der Waals surface area contributed by atoms with Crippen molar-refractivity contribution in [1.82, 2.24) is 10.2 Å². The van der Waals surface area contributed by atoms with Crippen molar-refractivity contribution in [3.8, 4) is 5.75 Å². The van der Waals surface area contributed by atoms with Gasteiger partial charge in [-0.05, 0) is 42.3 Å². The maximum Gasteiger partial charge on any atom is 0.251 e. The van der Waals surface area contributed by atoms with Gasteiger partial charge >= 0.3 is 0 Å². The van der Waals surface area contributed by atoms with Crippen LogP contribution >= 0.6 is 0 Å². The van der Waals surface area contributed by atoms with E-state index in [2.05, 4.69) is 5.32 Å². The lowest BCUT2D eigenvalue weighted by atomic mass is 10.1. The minimum absolute atomic E-state index is 0.0267. The monoisotopic (exact) mass is 356 g/mol. The second-order valence-electron chi connectivity index (χ2n) is 6.46. The molecule has 1 fully saturated rings. The minimum Gasteiger partial charge on any atom is -0.496 e.